The smallest absolute Gasteiger partial charge is 0.261 e. The normalized spacial score (nSPS) is 16.0. The van der Waals surface area contributed by atoms with Crippen LogP contribution in [0.1, 0.15) is 38.9 Å². The first-order chi connectivity index (χ1) is 9.98. The van der Waals surface area contributed by atoms with Gasteiger partial charge in [0.1, 0.15) is 5.75 Å². The van der Waals surface area contributed by atoms with Crippen molar-refractivity contribution in [3.63, 3.8) is 0 Å². The third kappa shape index (κ3) is 3.21. The fourth-order valence-corrected chi connectivity index (χ4v) is 2.51. The number of nitrogens with zero attached hydrogens (tertiary/aromatic N) is 2. The van der Waals surface area contributed by atoms with Crippen molar-refractivity contribution in [2.24, 2.45) is 5.73 Å². The molecule has 2 N–H and O–H groups in total. The van der Waals surface area contributed by atoms with E-state index in [1.165, 1.54) is 0 Å². The van der Waals surface area contributed by atoms with Gasteiger partial charge in [0.15, 0.2) is 5.82 Å². The van der Waals surface area contributed by atoms with Gasteiger partial charge in [-0.2, -0.15) is 4.98 Å². The third-order valence-corrected chi connectivity index (χ3v) is 3.89. The zero-order chi connectivity index (χ0) is 15.0. The van der Waals surface area contributed by atoms with Gasteiger partial charge >= 0.3 is 0 Å². The molecule has 22 heavy (non-hydrogen) atoms. The van der Waals surface area contributed by atoms with Crippen molar-refractivity contribution in [1.82, 2.24) is 10.1 Å². The number of halogens is 2. The highest BCUT2D eigenvalue weighted by molar-refractivity contribution is 6.30. The zero-order valence-electron chi connectivity index (χ0n) is 12.5. The predicted molar refractivity (Wildman–Crippen MR) is 87.5 cm³/mol. The molecule has 120 valence electrons. The summed E-state index contributed by atoms with van der Waals surface area (Å²) in [6, 6.07) is 5.35. The standard InChI is InChI=1S/C15H18ClN3O2.ClH/c1-9(2)20-12-5-4-10(16)8-11(12)13-18-14(19-21-13)15(17)6-3-7-15;/h4-5,8-9H,3,6-7,17H2,1-2H3;1H. The molecule has 0 saturated heterocycles. The lowest BCUT2D eigenvalue weighted by Gasteiger charge is -2.34. The van der Waals surface area contributed by atoms with Gasteiger partial charge in [-0.05, 0) is 51.3 Å². The molecule has 2 aromatic rings. The molecule has 3 rings (SSSR count). The van der Waals surface area contributed by atoms with Crippen molar-refractivity contribution in [3.8, 4) is 17.2 Å². The van der Waals surface area contributed by atoms with E-state index in [4.69, 9.17) is 26.6 Å². The molecule has 1 aromatic heterocycles. The zero-order valence-corrected chi connectivity index (χ0v) is 14.1. The minimum atomic E-state index is -0.445. The summed E-state index contributed by atoms with van der Waals surface area (Å²) >= 11 is 6.07. The number of hydrogen-bond acceptors (Lipinski definition) is 5. The van der Waals surface area contributed by atoms with Crippen molar-refractivity contribution < 1.29 is 9.26 Å². The van der Waals surface area contributed by atoms with Crippen LogP contribution in [0.15, 0.2) is 22.7 Å². The summed E-state index contributed by atoms with van der Waals surface area (Å²) in [6.45, 7) is 3.92. The van der Waals surface area contributed by atoms with Crippen LogP contribution in [0.4, 0.5) is 0 Å². The Labute approximate surface area is 140 Å². The van der Waals surface area contributed by atoms with Crippen LogP contribution >= 0.6 is 24.0 Å². The van der Waals surface area contributed by atoms with Crippen LogP contribution in [0.2, 0.25) is 5.02 Å². The second-order valence-electron chi connectivity index (χ2n) is 5.74. The highest BCUT2D eigenvalue weighted by atomic mass is 35.5. The minimum absolute atomic E-state index is 0. The molecule has 1 saturated carbocycles. The van der Waals surface area contributed by atoms with Crippen LogP contribution in [-0.2, 0) is 5.54 Å². The predicted octanol–water partition coefficient (Wildman–Crippen LogP) is 3.94. The van der Waals surface area contributed by atoms with Crippen molar-refractivity contribution in [2.45, 2.75) is 44.8 Å². The van der Waals surface area contributed by atoms with Crippen LogP contribution in [0.3, 0.4) is 0 Å². The number of aromatic nitrogens is 2. The van der Waals surface area contributed by atoms with Gasteiger partial charge in [-0.15, -0.1) is 12.4 Å². The molecule has 0 amide bonds. The van der Waals surface area contributed by atoms with Crippen molar-refractivity contribution >= 4 is 24.0 Å². The van der Waals surface area contributed by atoms with E-state index >= 15 is 0 Å². The molecule has 1 aromatic carbocycles. The summed E-state index contributed by atoms with van der Waals surface area (Å²) in [4.78, 5) is 4.44. The molecule has 1 aliphatic rings. The number of ether oxygens (including phenoxy) is 1. The second kappa shape index (κ2) is 6.44. The molecule has 7 heteroatoms. The molecule has 1 heterocycles. The Morgan fingerprint density at radius 3 is 2.68 bits per heavy atom. The van der Waals surface area contributed by atoms with Gasteiger partial charge in [0.2, 0.25) is 0 Å². The van der Waals surface area contributed by atoms with E-state index < -0.39 is 5.54 Å². The Morgan fingerprint density at radius 1 is 1.36 bits per heavy atom. The first-order valence-corrected chi connectivity index (χ1v) is 7.45. The molecule has 5 nitrogen and oxygen atoms in total. The summed E-state index contributed by atoms with van der Waals surface area (Å²) in [7, 11) is 0. The minimum Gasteiger partial charge on any atom is -0.490 e. The van der Waals surface area contributed by atoms with Crippen molar-refractivity contribution in [3.05, 3.63) is 29.0 Å². The SMILES string of the molecule is CC(C)Oc1ccc(Cl)cc1-c1nc(C2(N)CCC2)no1.Cl. The lowest BCUT2D eigenvalue weighted by molar-refractivity contribution is 0.229. The molecule has 0 atom stereocenters. The Balaban J connectivity index is 0.00000176. The van der Waals surface area contributed by atoms with Crippen LogP contribution in [-0.4, -0.2) is 16.2 Å². The molecule has 0 spiro atoms. The molecule has 0 radical (unpaired) electrons. The maximum atomic E-state index is 6.22. The molecule has 0 unspecified atom stereocenters. The maximum Gasteiger partial charge on any atom is 0.261 e. The van der Waals surface area contributed by atoms with Gasteiger partial charge in [-0.25, -0.2) is 0 Å². The number of benzene rings is 1. The molecule has 0 bridgehead atoms. The van der Waals surface area contributed by atoms with Crippen LogP contribution < -0.4 is 10.5 Å². The summed E-state index contributed by atoms with van der Waals surface area (Å²) in [5, 5.41) is 4.62. The molecule has 0 aliphatic heterocycles. The van der Waals surface area contributed by atoms with Crippen molar-refractivity contribution in [2.75, 3.05) is 0 Å². The second-order valence-corrected chi connectivity index (χ2v) is 6.18. The first kappa shape index (κ1) is 17.1. The van der Waals surface area contributed by atoms with E-state index in [2.05, 4.69) is 10.1 Å². The largest absolute Gasteiger partial charge is 0.490 e. The van der Waals surface area contributed by atoms with E-state index in [1.54, 1.807) is 12.1 Å². The monoisotopic (exact) mass is 343 g/mol. The summed E-state index contributed by atoms with van der Waals surface area (Å²) in [5.41, 5.74) is 6.47. The summed E-state index contributed by atoms with van der Waals surface area (Å²) in [6.07, 6.45) is 2.91. The number of rotatable bonds is 4. The van der Waals surface area contributed by atoms with Gasteiger partial charge in [0.25, 0.3) is 5.89 Å². The fraction of sp³-hybridized carbons (Fsp3) is 0.467. The lowest BCUT2D eigenvalue weighted by Crippen LogP contribution is -2.44. The average molecular weight is 344 g/mol. The lowest BCUT2D eigenvalue weighted by atomic mass is 9.77. The fourth-order valence-electron chi connectivity index (χ4n) is 2.34. The molecular formula is C15H19Cl2N3O2. The van der Waals surface area contributed by atoms with E-state index in [0.717, 1.165) is 19.3 Å². The Morgan fingerprint density at radius 2 is 2.09 bits per heavy atom. The van der Waals surface area contributed by atoms with Crippen molar-refractivity contribution in [1.29, 1.82) is 0 Å². The summed E-state index contributed by atoms with van der Waals surface area (Å²) in [5.74, 6) is 1.61. The van der Waals surface area contributed by atoms with E-state index in [0.29, 0.717) is 28.1 Å². The van der Waals surface area contributed by atoms with Crippen LogP contribution in [0.25, 0.3) is 11.5 Å². The van der Waals surface area contributed by atoms with E-state index in [1.807, 2.05) is 19.9 Å². The summed E-state index contributed by atoms with van der Waals surface area (Å²) < 4.78 is 11.1. The molecule has 1 fully saturated rings. The number of hydrogen-bond donors (Lipinski definition) is 1. The van der Waals surface area contributed by atoms with Gasteiger partial charge in [0, 0.05) is 5.02 Å². The molecule has 1 aliphatic carbocycles. The van der Waals surface area contributed by atoms with E-state index in [9.17, 15) is 0 Å². The van der Waals surface area contributed by atoms with E-state index in [-0.39, 0.29) is 18.5 Å². The quantitative estimate of drug-likeness (QED) is 0.909. The Bertz CT molecular complexity index is 654. The van der Waals surface area contributed by atoms with Crippen LogP contribution in [0.5, 0.6) is 5.75 Å². The van der Waals surface area contributed by atoms with Gasteiger partial charge < -0.3 is 15.0 Å². The Hall–Kier alpha value is -1.30. The van der Waals surface area contributed by atoms with Gasteiger partial charge in [-0.1, -0.05) is 16.8 Å². The van der Waals surface area contributed by atoms with Crippen LogP contribution in [0, 0.1) is 0 Å². The average Bonchev–Trinajstić information content (AvgIpc) is 2.87. The maximum absolute atomic E-state index is 6.22. The first-order valence-electron chi connectivity index (χ1n) is 7.07. The topological polar surface area (TPSA) is 74.2 Å². The highest BCUT2D eigenvalue weighted by Gasteiger charge is 2.39. The van der Waals surface area contributed by atoms with Gasteiger partial charge in [-0.3, -0.25) is 0 Å². The number of nitrogens with two attached hydrogens (primary N) is 1. The molecular weight excluding hydrogens is 325 g/mol. The van der Waals surface area contributed by atoms with Gasteiger partial charge in [0.05, 0.1) is 17.2 Å². The highest BCUT2D eigenvalue weighted by Crippen LogP contribution is 2.39. The Kier molecular flexibility index (Phi) is 5.00. The third-order valence-electron chi connectivity index (χ3n) is 3.65.